The van der Waals surface area contributed by atoms with Gasteiger partial charge in [0.05, 0.1) is 17.9 Å². The minimum absolute atomic E-state index is 0.0612. The third-order valence-corrected chi connectivity index (χ3v) is 5.22. The van der Waals surface area contributed by atoms with Crippen LogP contribution in [0.5, 0.6) is 0 Å². The second kappa shape index (κ2) is 6.05. The van der Waals surface area contributed by atoms with Gasteiger partial charge in [0.2, 0.25) is 0 Å². The molecule has 2 aromatic heterocycles. The summed E-state index contributed by atoms with van der Waals surface area (Å²) in [6.45, 7) is 0. The molecule has 2 aliphatic rings. The fourth-order valence-electron chi connectivity index (χ4n) is 3.97. The standard InChI is InChI=1S/C20H17N5O2/c26-19-17-9-8-16(14-5-2-1-3-6-14)25(17)20(27)24(19)15-7-10-18(21-13-15)23-12-4-11-22-23/h1-7,10-13,16-17H,8-9H2/t16-,17-/m0/s1. The van der Waals surface area contributed by atoms with E-state index >= 15 is 0 Å². The molecule has 7 heteroatoms. The summed E-state index contributed by atoms with van der Waals surface area (Å²) in [5.74, 6) is 0.456. The molecule has 2 aliphatic heterocycles. The molecule has 134 valence electrons. The molecule has 0 spiro atoms. The summed E-state index contributed by atoms with van der Waals surface area (Å²) in [5, 5.41) is 4.13. The van der Waals surface area contributed by atoms with E-state index in [9.17, 15) is 9.59 Å². The zero-order chi connectivity index (χ0) is 18.4. The number of amides is 3. The van der Waals surface area contributed by atoms with Gasteiger partial charge in [0.1, 0.15) is 6.04 Å². The van der Waals surface area contributed by atoms with E-state index in [1.807, 2.05) is 30.3 Å². The van der Waals surface area contributed by atoms with Crippen molar-refractivity contribution in [3.8, 4) is 5.82 Å². The number of carbonyl (C=O) groups excluding carboxylic acids is 2. The number of imide groups is 1. The maximum absolute atomic E-state index is 13.1. The monoisotopic (exact) mass is 359 g/mol. The van der Waals surface area contributed by atoms with E-state index in [-0.39, 0.29) is 18.0 Å². The number of rotatable bonds is 3. The molecule has 0 aliphatic carbocycles. The van der Waals surface area contributed by atoms with Crippen LogP contribution in [0.15, 0.2) is 67.1 Å². The number of hydrogen-bond donors (Lipinski definition) is 0. The number of nitrogens with zero attached hydrogens (tertiary/aromatic N) is 5. The van der Waals surface area contributed by atoms with Crippen molar-refractivity contribution in [3.63, 3.8) is 0 Å². The average Bonchev–Trinajstić information content (AvgIpc) is 3.43. The van der Waals surface area contributed by atoms with Gasteiger partial charge >= 0.3 is 6.03 Å². The maximum atomic E-state index is 13.1. The van der Waals surface area contributed by atoms with E-state index in [0.717, 1.165) is 12.0 Å². The molecule has 3 amide bonds. The summed E-state index contributed by atoms with van der Waals surface area (Å²) in [7, 11) is 0. The van der Waals surface area contributed by atoms with Crippen LogP contribution in [0.25, 0.3) is 5.82 Å². The Kier molecular flexibility index (Phi) is 3.53. The first-order valence-electron chi connectivity index (χ1n) is 8.91. The number of pyridine rings is 1. The highest BCUT2D eigenvalue weighted by molar-refractivity contribution is 6.21. The molecule has 0 saturated carbocycles. The fraction of sp³-hybridized carbons (Fsp3) is 0.200. The minimum Gasteiger partial charge on any atom is -0.305 e. The molecule has 1 aromatic carbocycles. The predicted molar refractivity (Wildman–Crippen MR) is 98.3 cm³/mol. The van der Waals surface area contributed by atoms with Gasteiger partial charge in [0.25, 0.3) is 5.91 Å². The number of fused-ring (bicyclic) bond motifs is 1. The smallest absolute Gasteiger partial charge is 0.305 e. The van der Waals surface area contributed by atoms with Gasteiger partial charge in [-0.2, -0.15) is 5.10 Å². The number of urea groups is 1. The van der Waals surface area contributed by atoms with Crippen molar-refractivity contribution in [2.45, 2.75) is 24.9 Å². The van der Waals surface area contributed by atoms with Crippen molar-refractivity contribution in [1.29, 1.82) is 0 Å². The van der Waals surface area contributed by atoms with Crippen LogP contribution in [0.2, 0.25) is 0 Å². The summed E-state index contributed by atoms with van der Waals surface area (Å²) >= 11 is 0. The summed E-state index contributed by atoms with van der Waals surface area (Å²) in [5.41, 5.74) is 1.55. The lowest BCUT2D eigenvalue weighted by atomic mass is 10.0. The highest BCUT2D eigenvalue weighted by Crippen LogP contribution is 2.42. The summed E-state index contributed by atoms with van der Waals surface area (Å²) in [6.07, 6.45) is 6.48. The van der Waals surface area contributed by atoms with E-state index in [0.29, 0.717) is 17.9 Å². The molecular weight excluding hydrogens is 342 g/mol. The Labute approximate surface area is 155 Å². The lowest BCUT2D eigenvalue weighted by molar-refractivity contribution is -0.119. The Morgan fingerprint density at radius 2 is 1.74 bits per heavy atom. The normalized spacial score (nSPS) is 21.8. The largest absolute Gasteiger partial charge is 0.332 e. The molecular formula is C20H17N5O2. The second-order valence-corrected chi connectivity index (χ2v) is 6.71. The van der Waals surface area contributed by atoms with Crippen LogP contribution >= 0.6 is 0 Å². The van der Waals surface area contributed by atoms with Crippen LogP contribution in [0.3, 0.4) is 0 Å². The Hall–Kier alpha value is -3.48. The summed E-state index contributed by atoms with van der Waals surface area (Å²) < 4.78 is 1.63. The first-order valence-corrected chi connectivity index (χ1v) is 8.91. The van der Waals surface area contributed by atoms with Crippen LogP contribution in [0.4, 0.5) is 10.5 Å². The SMILES string of the molecule is O=C1[C@@H]2CC[C@@H](c3ccccc3)N2C(=O)N1c1ccc(-n2cccn2)nc1. The predicted octanol–water partition coefficient (Wildman–Crippen LogP) is 2.94. The van der Waals surface area contributed by atoms with Crippen LogP contribution in [-0.2, 0) is 4.79 Å². The van der Waals surface area contributed by atoms with Crippen LogP contribution in [-0.4, -0.2) is 37.6 Å². The minimum atomic E-state index is -0.395. The van der Waals surface area contributed by atoms with Gasteiger partial charge in [-0.05, 0) is 36.6 Å². The van der Waals surface area contributed by atoms with Gasteiger partial charge in [-0.15, -0.1) is 0 Å². The van der Waals surface area contributed by atoms with Crippen molar-refractivity contribution in [1.82, 2.24) is 19.7 Å². The number of anilines is 1. The lowest BCUT2D eigenvalue weighted by Crippen LogP contribution is -2.34. The van der Waals surface area contributed by atoms with E-state index in [4.69, 9.17) is 0 Å². The first-order chi connectivity index (χ1) is 13.2. The van der Waals surface area contributed by atoms with Gasteiger partial charge in [-0.25, -0.2) is 19.4 Å². The van der Waals surface area contributed by atoms with E-state index < -0.39 is 6.04 Å². The number of aromatic nitrogens is 3. The first kappa shape index (κ1) is 15.7. The molecule has 3 aromatic rings. The molecule has 2 atom stereocenters. The molecule has 7 nitrogen and oxygen atoms in total. The van der Waals surface area contributed by atoms with Gasteiger partial charge in [-0.3, -0.25) is 4.79 Å². The van der Waals surface area contributed by atoms with Crippen molar-refractivity contribution in [3.05, 3.63) is 72.7 Å². The summed E-state index contributed by atoms with van der Waals surface area (Å²) in [6, 6.07) is 14.4. The summed E-state index contributed by atoms with van der Waals surface area (Å²) in [4.78, 5) is 33.3. The van der Waals surface area contributed by atoms with Crippen LogP contribution < -0.4 is 4.90 Å². The molecule has 2 fully saturated rings. The third kappa shape index (κ3) is 2.43. The molecule has 0 unspecified atom stereocenters. The highest BCUT2D eigenvalue weighted by atomic mass is 16.2. The number of benzene rings is 1. The Morgan fingerprint density at radius 3 is 2.44 bits per heavy atom. The van der Waals surface area contributed by atoms with Crippen molar-refractivity contribution in [2.24, 2.45) is 0 Å². The second-order valence-electron chi connectivity index (χ2n) is 6.71. The van der Waals surface area contributed by atoms with Gasteiger partial charge in [0.15, 0.2) is 5.82 Å². The zero-order valence-corrected chi connectivity index (χ0v) is 14.5. The van der Waals surface area contributed by atoms with Crippen LogP contribution in [0, 0.1) is 0 Å². The number of hydrogen-bond acceptors (Lipinski definition) is 4. The Balaban J connectivity index is 1.45. The zero-order valence-electron chi connectivity index (χ0n) is 14.5. The molecule has 0 bridgehead atoms. The molecule has 27 heavy (non-hydrogen) atoms. The third-order valence-electron chi connectivity index (χ3n) is 5.22. The van der Waals surface area contributed by atoms with Crippen molar-refractivity contribution in [2.75, 3.05) is 4.90 Å². The van der Waals surface area contributed by atoms with Gasteiger partial charge in [0, 0.05) is 12.4 Å². The highest BCUT2D eigenvalue weighted by Gasteiger charge is 2.52. The topological polar surface area (TPSA) is 71.3 Å². The van der Waals surface area contributed by atoms with Crippen molar-refractivity contribution >= 4 is 17.6 Å². The molecule has 0 radical (unpaired) electrons. The van der Waals surface area contributed by atoms with Crippen LogP contribution in [0.1, 0.15) is 24.4 Å². The van der Waals surface area contributed by atoms with Crippen molar-refractivity contribution < 1.29 is 9.59 Å². The van der Waals surface area contributed by atoms with Gasteiger partial charge < -0.3 is 4.90 Å². The molecule has 0 N–H and O–H groups in total. The quantitative estimate of drug-likeness (QED) is 0.674. The van der Waals surface area contributed by atoms with Gasteiger partial charge in [-0.1, -0.05) is 30.3 Å². The van der Waals surface area contributed by atoms with E-state index in [2.05, 4.69) is 10.1 Å². The molecule has 5 rings (SSSR count). The van der Waals surface area contributed by atoms with E-state index in [1.54, 1.807) is 46.4 Å². The average molecular weight is 359 g/mol. The molecule has 4 heterocycles. The fourth-order valence-corrected chi connectivity index (χ4v) is 3.97. The Morgan fingerprint density at radius 1 is 0.926 bits per heavy atom. The molecule has 2 saturated heterocycles. The lowest BCUT2D eigenvalue weighted by Gasteiger charge is -2.23. The maximum Gasteiger partial charge on any atom is 0.332 e. The van der Waals surface area contributed by atoms with E-state index in [1.165, 1.54) is 4.90 Å². The Bertz CT molecular complexity index is 985. The number of carbonyl (C=O) groups is 2.